The zero-order valence-electron chi connectivity index (χ0n) is 15.0. The number of aryl methyl sites for hydroxylation is 2. The van der Waals surface area contributed by atoms with Crippen molar-refractivity contribution in [2.24, 2.45) is 0 Å². The quantitative estimate of drug-likeness (QED) is 0.495. The van der Waals surface area contributed by atoms with Crippen LogP contribution in [0.1, 0.15) is 22.0 Å². The van der Waals surface area contributed by atoms with Crippen molar-refractivity contribution in [3.8, 4) is 17.4 Å². The molecule has 7 heteroatoms. The van der Waals surface area contributed by atoms with Gasteiger partial charge in [-0.15, -0.1) is 11.3 Å². The highest BCUT2D eigenvalue weighted by atomic mass is 32.1. The Morgan fingerprint density at radius 2 is 2.07 bits per heavy atom. The maximum atomic E-state index is 13.9. The van der Waals surface area contributed by atoms with Gasteiger partial charge in [0, 0.05) is 11.0 Å². The highest BCUT2D eigenvalue weighted by Gasteiger charge is 2.15. The molecule has 28 heavy (non-hydrogen) atoms. The lowest BCUT2D eigenvalue weighted by atomic mass is 10.1. The number of allylic oxidation sites excluding steroid dienone is 1. The van der Waals surface area contributed by atoms with Gasteiger partial charge >= 0.3 is 0 Å². The van der Waals surface area contributed by atoms with E-state index in [0.29, 0.717) is 27.3 Å². The van der Waals surface area contributed by atoms with Crippen LogP contribution in [0.2, 0.25) is 0 Å². The van der Waals surface area contributed by atoms with E-state index in [9.17, 15) is 14.4 Å². The number of nitrogens with one attached hydrogen (secondary N) is 1. The number of rotatable bonds is 3. The van der Waals surface area contributed by atoms with E-state index in [2.05, 4.69) is 9.97 Å². The SMILES string of the molecule is Cc1sc2nc(/C(C#N)=C/c3ccc(-c4ccccc4F)o3)[nH]c(=O)c2c1C. The molecular formula is C21H14FN3O2S. The number of halogens is 1. The number of fused-ring (bicyclic) bond motifs is 1. The molecule has 0 spiro atoms. The van der Waals surface area contributed by atoms with Crippen molar-refractivity contribution < 1.29 is 8.81 Å². The third kappa shape index (κ3) is 3.04. The molecule has 0 bridgehead atoms. The van der Waals surface area contributed by atoms with Gasteiger partial charge < -0.3 is 9.40 Å². The van der Waals surface area contributed by atoms with E-state index in [1.54, 1.807) is 30.3 Å². The van der Waals surface area contributed by atoms with E-state index >= 15 is 0 Å². The van der Waals surface area contributed by atoms with Gasteiger partial charge in [0.25, 0.3) is 5.56 Å². The Bertz CT molecular complexity index is 1340. The topological polar surface area (TPSA) is 82.7 Å². The monoisotopic (exact) mass is 391 g/mol. The molecule has 0 aliphatic rings. The number of furan rings is 1. The molecular weight excluding hydrogens is 377 g/mol. The first-order chi connectivity index (χ1) is 13.5. The number of H-pyrrole nitrogens is 1. The van der Waals surface area contributed by atoms with E-state index < -0.39 is 5.82 Å². The van der Waals surface area contributed by atoms with E-state index in [0.717, 1.165) is 10.4 Å². The molecule has 0 atom stereocenters. The Hall–Kier alpha value is -3.50. The number of hydrogen-bond donors (Lipinski definition) is 1. The van der Waals surface area contributed by atoms with Crippen molar-refractivity contribution >= 4 is 33.2 Å². The van der Waals surface area contributed by atoms with E-state index in [1.807, 2.05) is 19.9 Å². The van der Waals surface area contributed by atoms with Gasteiger partial charge in [-0.3, -0.25) is 4.79 Å². The summed E-state index contributed by atoms with van der Waals surface area (Å²) >= 11 is 1.41. The molecule has 0 aliphatic heterocycles. The molecule has 0 fully saturated rings. The first-order valence-electron chi connectivity index (χ1n) is 8.45. The maximum Gasteiger partial charge on any atom is 0.260 e. The zero-order valence-corrected chi connectivity index (χ0v) is 15.9. The molecule has 0 aliphatic carbocycles. The van der Waals surface area contributed by atoms with Crippen LogP contribution in [-0.2, 0) is 0 Å². The predicted molar refractivity (Wildman–Crippen MR) is 107 cm³/mol. The molecule has 138 valence electrons. The molecule has 4 aromatic rings. The van der Waals surface area contributed by atoms with Crippen LogP contribution in [0.15, 0.2) is 45.6 Å². The molecule has 3 aromatic heterocycles. The second-order valence-electron chi connectivity index (χ2n) is 6.23. The summed E-state index contributed by atoms with van der Waals surface area (Å²) in [4.78, 5) is 21.1. The fourth-order valence-electron chi connectivity index (χ4n) is 2.91. The Morgan fingerprint density at radius 1 is 1.29 bits per heavy atom. The van der Waals surface area contributed by atoms with Crippen molar-refractivity contribution in [1.82, 2.24) is 9.97 Å². The lowest BCUT2D eigenvalue weighted by Gasteiger charge is -2.00. The van der Waals surface area contributed by atoms with Crippen molar-refractivity contribution in [2.45, 2.75) is 13.8 Å². The molecule has 0 radical (unpaired) electrons. The summed E-state index contributed by atoms with van der Waals surface area (Å²) in [6.07, 6.45) is 1.47. The van der Waals surface area contributed by atoms with Crippen LogP contribution in [0, 0.1) is 31.0 Å². The van der Waals surface area contributed by atoms with E-state index in [1.165, 1.54) is 23.5 Å². The fourth-order valence-corrected chi connectivity index (χ4v) is 3.94. The summed E-state index contributed by atoms with van der Waals surface area (Å²) in [5.74, 6) is 0.483. The molecule has 5 nitrogen and oxygen atoms in total. The van der Waals surface area contributed by atoms with Gasteiger partial charge in [0.2, 0.25) is 0 Å². The standard InChI is InChI=1S/C21H14FN3O2S/c1-11-12(2)28-21-18(11)20(26)24-19(25-21)13(10-23)9-14-7-8-17(27-14)15-5-3-4-6-16(15)22/h3-9H,1-2H3,(H,24,25,26)/b13-9+. The van der Waals surface area contributed by atoms with Gasteiger partial charge in [0.1, 0.15) is 28.2 Å². The third-order valence-electron chi connectivity index (χ3n) is 4.47. The highest BCUT2D eigenvalue weighted by molar-refractivity contribution is 7.18. The van der Waals surface area contributed by atoms with Crippen LogP contribution in [0.5, 0.6) is 0 Å². The predicted octanol–water partition coefficient (Wildman–Crippen LogP) is 5.06. The zero-order chi connectivity index (χ0) is 19.8. The number of hydrogen-bond acceptors (Lipinski definition) is 5. The fraction of sp³-hybridized carbons (Fsp3) is 0.0952. The molecule has 1 aromatic carbocycles. The average molecular weight is 391 g/mol. The summed E-state index contributed by atoms with van der Waals surface area (Å²) in [6, 6.07) is 11.6. The molecule has 3 heterocycles. The summed E-state index contributed by atoms with van der Waals surface area (Å²) in [7, 11) is 0. The van der Waals surface area contributed by atoms with Crippen LogP contribution >= 0.6 is 11.3 Å². The number of aromatic nitrogens is 2. The molecule has 0 amide bonds. The minimum absolute atomic E-state index is 0.150. The number of nitriles is 1. The minimum Gasteiger partial charge on any atom is -0.457 e. The van der Waals surface area contributed by atoms with Crippen molar-refractivity contribution in [2.75, 3.05) is 0 Å². The highest BCUT2D eigenvalue weighted by Crippen LogP contribution is 2.28. The molecule has 0 saturated carbocycles. The normalized spacial score (nSPS) is 11.7. The van der Waals surface area contributed by atoms with Crippen molar-refractivity contribution in [3.05, 3.63) is 74.6 Å². The molecule has 0 unspecified atom stereocenters. The summed E-state index contributed by atoms with van der Waals surface area (Å²) < 4.78 is 19.6. The van der Waals surface area contributed by atoms with Gasteiger partial charge in [-0.2, -0.15) is 5.26 Å². The van der Waals surface area contributed by atoms with Gasteiger partial charge in [-0.1, -0.05) is 12.1 Å². The van der Waals surface area contributed by atoms with Crippen LogP contribution in [0.25, 0.3) is 33.2 Å². The van der Waals surface area contributed by atoms with E-state index in [-0.39, 0.29) is 17.0 Å². The van der Waals surface area contributed by atoms with Gasteiger partial charge in [0.05, 0.1) is 16.5 Å². The molecule has 0 saturated heterocycles. The van der Waals surface area contributed by atoms with Gasteiger partial charge in [0.15, 0.2) is 5.82 Å². The molecule has 4 rings (SSSR count). The first kappa shape index (κ1) is 17.9. The number of nitrogens with zero attached hydrogens (tertiary/aromatic N) is 2. The van der Waals surface area contributed by atoms with Crippen LogP contribution < -0.4 is 5.56 Å². The lowest BCUT2D eigenvalue weighted by molar-refractivity contribution is 0.561. The summed E-state index contributed by atoms with van der Waals surface area (Å²) in [6.45, 7) is 3.80. The van der Waals surface area contributed by atoms with Crippen molar-refractivity contribution in [3.63, 3.8) is 0 Å². The minimum atomic E-state index is -0.396. The second-order valence-corrected chi connectivity index (χ2v) is 7.43. The smallest absolute Gasteiger partial charge is 0.260 e. The number of benzene rings is 1. The third-order valence-corrected chi connectivity index (χ3v) is 5.57. The largest absolute Gasteiger partial charge is 0.457 e. The van der Waals surface area contributed by atoms with Gasteiger partial charge in [-0.25, -0.2) is 9.37 Å². The first-order valence-corrected chi connectivity index (χ1v) is 9.26. The number of aromatic amines is 1. The average Bonchev–Trinajstić information content (AvgIpc) is 3.25. The Balaban J connectivity index is 1.77. The Kier molecular flexibility index (Phi) is 4.41. The lowest BCUT2D eigenvalue weighted by Crippen LogP contribution is -2.10. The van der Waals surface area contributed by atoms with Crippen LogP contribution in [0.3, 0.4) is 0 Å². The summed E-state index contributed by atoms with van der Waals surface area (Å²) in [5.41, 5.74) is 1.09. The Labute approximate surface area is 163 Å². The summed E-state index contributed by atoms with van der Waals surface area (Å²) in [5, 5.41) is 10.1. The van der Waals surface area contributed by atoms with Gasteiger partial charge in [-0.05, 0) is 43.7 Å². The Morgan fingerprint density at radius 3 is 2.82 bits per heavy atom. The number of thiophene rings is 1. The molecule has 1 N–H and O–H groups in total. The van der Waals surface area contributed by atoms with Crippen LogP contribution in [0.4, 0.5) is 4.39 Å². The van der Waals surface area contributed by atoms with Crippen molar-refractivity contribution in [1.29, 1.82) is 5.26 Å². The second kappa shape index (κ2) is 6.91. The van der Waals surface area contributed by atoms with E-state index in [4.69, 9.17) is 4.42 Å². The van der Waals surface area contributed by atoms with Crippen LogP contribution in [-0.4, -0.2) is 9.97 Å². The maximum absolute atomic E-state index is 13.9.